The minimum Gasteiger partial charge on any atom is -0.508 e. The lowest BCUT2D eigenvalue weighted by molar-refractivity contribution is 0.0696. The molecule has 2 aromatic rings. The van der Waals surface area contributed by atoms with Gasteiger partial charge in [-0.3, -0.25) is 4.79 Å². The Balaban J connectivity index is 1.68. The molecule has 0 saturated heterocycles. The Morgan fingerprint density at radius 1 is 1.03 bits per heavy atom. The fourth-order valence-corrected chi connectivity index (χ4v) is 4.71. The summed E-state index contributed by atoms with van der Waals surface area (Å²) < 4.78 is 5.90. The SMILES string of the molecule is NCCC(CCN)CCNC(=O)c1ccc(C2=C3C=CC(O)C=C3Oc3cc(O)ccc32)c(C(=O)O)c1. The van der Waals surface area contributed by atoms with Crippen LogP contribution in [-0.2, 0) is 0 Å². The second-order valence-electron chi connectivity index (χ2n) is 9.08. The predicted molar refractivity (Wildman–Crippen MR) is 139 cm³/mol. The average molecular weight is 506 g/mol. The molecule has 2 aliphatic rings. The van der Waals surface area contributed by atoms with E-state index in [9.17, 15) is 24.9 Å². The molecule has 2 aromatic carbocycles. The van der Waals surface area contributed by atoms with E-state index < -0.39 is 12.1 Å². The Labute approximate surface area is 214 Å². The van der Waals surface area contributed by atoms with Crippen LogP contribution in [0.25, 0.3) is 5.57 Å². The van der Waals surface area contributed by atoms with E-state index in [1.807, 2.05) is 0 Å². The highest BCUT2D eigenvalue weighted by Crippen LogP contribution is 2.45. The van der Waals surface area contributed by atoms with Crippen molar-refractivity contribution < 1.29 is 29.6 Å². The first-order valence-electron chi connectivity index (χ1n) is 12.2. The minimum atomic E-state index is -1.19. The summed E-state index contributed by atoms with van der Waals surface area (Å²) in [6.45, 7) is 1.54. The molecule has 1 aliphatic heterocycles. The topological polar surface area (TPSA) is 168 Å². The van der Waals surface area contributed by atoms with E-state index in [4.69, 9.17) is 16.2 Å². The van der Waals surface area contributed by atoms with E-state index in [1.165, 1.54) is 24.3 Å². The number of carboxylic acid groups (broad SMARTS) is 1. The molecule has 37 heavy (non-hydrogen) atoms. The molecule has 0 spiro atoms. The average Bonchev–Trinajstić information content (AvgIpc) is 2.87. The minimum absolute atomic E-state index is 0.0142. The lowest BCUT2D eigenvalue weighted by Gasteiger charge is -2.28. The summed E-state index contributed by atoms with van der Waals surface area (Å²) in [5.41, 5.74) is 13.6. The number of aromatic carboxylic acids is 1. The summed E-state index contributed by atoms with van der Waals surface area (Å²) in [6.07, 6.45) is 6.28. The lowest BCUT2D eigenvalue weighted by atomic mass is 9.85. The molecule has 0 aromatic heterocycles. The first-order chi connectivity index (χ1) is 17.8. The molecule has 0 bridgehead atoms. The molecular weight excluding hydrogens is 474 g/mol. The molecule has 194 valence electrons. The zero-order valence-corrected chi connectivity index (χ0v) is 20.3. The molecule has 1 unspecified atom stereocenters. The van der Waals surface area contributed by atoms with Gasteiger partial charge in [0.25, 0.3) is 5.91 Å². The molecule has 9 heteroatoms. The molecule has 1 atom stereocenters. The van der Waals surface area contributed by atoms with Gasteiger partial charge in [0.2, 0.25) is 0 Å². The number of amides is 1. The Morgan fingerprint density at radius 2 is 1.76 bits per heavy atom. The van der Waals surface area contributed by atoms with Crippen molar-refractivity contribution in [3.63, 3.8) is 0 Å². The smallest absolute Gasteiger partial charge is 0.336 e. The molecule has 1 amide bonds. The van der Waals surface area contributed by atoms with E-state index in [-0.39, 0.29) is 22.8 Å². The van der Waals surface area contributed by atoms with E-state index in [2.05, 4.69) is 5.32 Å². The lowest BCUT2D eigenvalue weighted by Crippen LogP contribution is -2.27. The highest BCUT2D eigenvalue weighted by Gasteiger charge is 2.29. The van der Waals surface area contributed by atoms with Gasteiger partial charge in [-0.2, -0.15) is 0 Å². The number of hydrogen-bond acceptors (Lipinski definition) is 7. The predicted octanol–water partition coefficient (Wildman–Crippen LogP) is 2.53. The van der Waals surface area contributed by atoms with Crippen molar-refractivity contribution in [3.05, 3.63) is 88.2 Å². The Bertz CT molecular complexity index is 1290. The van der Waals surface area contributed by atoms with Crippen molar-refractivity contribution in [3.8, 4) is 11.5 Å². The molecule has 1 aliphatic carbocycles. The number of nitrogens with one attached hydrogen (secondary N) is 1. The van der Waals surface area contributed by atoms with Gasteiger partial charge in [-0.05, 0) is 74.2 Å². The number of carbonyl (C=O) groups excluding carboxylic acids is 1. The number of nitrogens with two attached hydrogens (primary N) is 2. The van der Waals surface area contributed by atoms with Gasteiger partial charge in [0.05, 0.1) is 11.7 Å². The number of carboxylic acids is 1. The maximum atomic E-state index is 12.8. The number of aliphatic hydroxyl groups is 1. The van der Waals surface area contributed by atoms with Gasteiger partial charge >= 0.3 is 5.97 Å². The number of aromatic hydroxyl groups is 1. The van der Waals surface area contributed by atoms with Crippen molar-refractivity contribution in [2.24, 2.45) is 17.4 Å². The summed E-state index contributed by atoms with van der Waals surface area (Å²) in [6, 6.07) is 9.12. The van der Waals surface area contributed by atoms with Crippen molar-refractivity contribution in [2.75, 3.05) is 19.6 Å². The van der Waals surface area contributed by atoms with Gasteiger partial charge < -0.3 is 36.8 Å². The summed E-state index contributed by atoms with van der Waals surface area (Å²) in [7, 11) is 0. The quantitative estimate of drug-likeness (QED) is 0.286. The van der Waals surface area contributed by atoms with Crippen LogP contribution < -0.4 is 21.5 Å². The van der Waals surface area contributed by atoms with E-state index in [1.54, 1.807) is 30.4 Å². The van der Waals surface area contributed by atoms with Crippen molar-refractivity contribution in [1.29, 1.82) is 0 Å². The van der Waals surface area contributed by atoms with E-state index in [0.29, 0.717) is 59.3 Å². The van der Waals surface area contributed by atoms with Crippen molar-refractivity contribution >= 4 is 17.4 Å². The number of fused-ring (bicyclic) bond motifs is 2. The molecule has 1 heterocycles. The largest absolute Gasteiger partial charge is 0.508 e. The number of phenols is 1. The van der Waals surface area contributed by atoms with Crippen LogP contribution in [0.4, 0.5) is 0 Å². The summed E-state index contributed by atoms with van der Waals surface area (Å²) in [4.78, 5) is 25.2. The number of ether oxygens (including phenoxy) is 1. The van der Waals surface area contributed by atoms with Crippen LogP contribution in [0.15, 0.2) is 66.0 Å². The van der Waals surface area contributed by atoms with Gasteiger partial charge in [-0.25, -0.2) is 4.79 Å². The summed E-state index contributed by atoms with van der Waals surface area (Å²) in [5.74, 6) is -0.580. The van der Waals surface area contributed by atoms with Gasteiger partial charge in [0.15, 0.2) is 0 Å². The van der Waals surface area contributed by atoms with E-state index in [0.717, 1.165) is 19.3 Å². The number of hydrogen-bond donors (Lipinski definition) is 6. The molecule has 4 rings (SSSR count). The van der Waals surface area contributed by atoms with Crippen LogP contribution in [0, 0.1) is 5.92 Å². The Kier molecular flexibility index (Phi) is 8.08. The van der Waals surface area contributed by atoms with E-state index >= 15 is 0 Å². The number of benzene rings is 2. The normalized spacial score (nSPS) is 16.1. The number of carbonyl (C=O) groups is 2. The number of phenolic OH excluding ortho intramolecular Hbond substituents is 1. The van der Waals surface area contributed by atoms with Gasteiger partial charge in [-0.1, -0.05) is 18.2 Å². The summed E-state index contributed by atoms with van der Waals surface area (Å²) >= 11 is 0. The highest BCUT2D eigenvalue weighted by atomic mass is 16.5. The zero-order valence-electron chi connectivity index (χ0n) is 20.3. The van der Waals surface area contributed by atoms with Crippen LogP contribution in [-0.4, -0.2) is 52.9 Å². The standard InChI is InChI=1S/C28H31N3O6/c29-10-7-16(8-11-30)9-12-31-27(34)17-1-4-20(23(13-17)28(35)36)26-21-5-2-18(32)14-24(21)37-25-15-19(33)3-6-22(25)26/h1-6,13-16,18,32-33H,7-12,29-30H2,(H,31,34)(H,35,36). The summed E-state index contributed by atoms with van der Waals surface area (Å²) in [5, 5.41) is 33.0. The molecular formula is C28H31N3O6. The van der Waals surface area contributed by atoms with Crippen LogP contribution in [0.1, 0.15) is 51.1 Å². The molecule has 0 radical (unpaired) electrons. The fraction of sp³-hybridized carbons (Fsp3) is 0.286. The number of allylic oxidation sites excluding steroid dienone is 1. The Hall–Kier alpha value is -3.92. The van der Waals surface area contributed by atoms with Gasteiger partial charge in [0.1, 0.15) is 17.3 Å². The van der Waals surface area contributed by atoms with Crippen LogP contribution in [0.3, 0.4) is 0 Å². The third-order valence-electron chi connectivity index (χ3n) is 6.54. The third-order valence-corrected chi connectivity index (χ3v) is 6.54. The first kappa shape index (κ1) is 26.2. The third kappa shape index (κ3) is 5.75. The molecule has 0 saturated carbocycles. The highest BCUT2D eigenvalue weighted by molar-refractivity contribution is 6.03. The van der Waals surface area contributed by atoms with Crippen molar-refractivity contribution in [2.45, 2.75) is 25.4 Å². The Morgan fingerprint density at radius 3 is 2.46 bits per heavy atom. The van der Waals surface area contributed by atoms with Crippen LogP contribution in [0.5, 0.6) is 11.5 Å². The monoisotopic (exact) mass is 505 g/mol. The van der Waals surface area contributed by atoms with Gasteiger partial charge in [0, 0.05) is 34.9 Å². The first-order valence-corrected chi connectivity index (χ1v) is 12.2. The van der Waals surface area contributed by atoms with Crippen LogP contribution in [0.2, 0.25) is 0 Å². The van der Waals surface area contributed by atoms with Gasteiger partial charge in [-0.15, -0.1) is 0 Å². The second kappa shape index (κ2) is 11.4. The van der Waals surface area contributed by atoms with Crippen molar-refractivity contribution in [1.82, 2.24) is 5.32 Å². The number of rotatable bonds is 10. The molecule has 8 N–H and O–H groups in total. The maximum absolute atomic E-state index is 12.8. The fourth-order valence-electron chi connectivity index (χ4n) is 4.71. The number of aliphatic hydroxyl groups excluding tert-OH is 1. The molecule has 0 fully saturated rings. The van der Waals surface area contributed by atoms with Crippen LogP contribution >= 0.6 is 0 Å². The molecule has 9 nitrogen and oxygen atoms in total. The maximum Gasteiger partial charge on any atom is 0.336 e. The second-order valence-corrected chi connectivity index (χ2v) is 9.08. The zero-order chi connectivity index (χ0) is 26.5.